The second kappa shape index (κ2) is 10.1. The minimum atomic E-state index is -0.187. The Bertz CT molecular complexity index is 1120. The fraction of sp³-hybridized carbons (Fsp3) is 0.478. The average Bonchev–Trinajstić information content (AvgIpc) is 3.06. The number of thiocarbonyl (C=S) groups is 1. The Morgan fingerprint density at radius 1 is 1.22 bits per heavy atom. The van der Waals surface area contributed by atoms with E-state index in [0.29, 0.717) is 59.1 Å². The summed E-state index contributed by atoms with van der Waals surface area (Å²) in [5.41, 5.74) is 1.78. The number of fused-ring (bicyclic) bond motifs is 1. The van der Waals surface area contributed by atoms with Crippen molar-refractivity contribution in [3.05, 3.63) is 44.7 Å². The van der Waals surface area contributed by atoms with E-state index in [1.165, 1.54) is 11.8 Å². The zero-order valence-corrected chi connectivity index (χ0v) is 20.1. The van der Waals surface area contributed by atoms with Gasteiger partial charge in [0.15, 0.2) is 0 Å². The standard InChI is InChI=1S/C23H28N4O3S2/c1-3-4-5-6-9-27-22(29)18(32-23(27)31)15-17-20(25-11-13-30-14-12-25)24-19-16(2)8-7-10-26(19)21(17)28/h7-8,10,15H,3-6,9,11-14H2,1-2H3. The van der Waals surface area contributed by atoms with Gasteiger partial charge in [0.1, 0.15) is 15.8 Å². The molecule has 0 aromatic carbocycles. The van der Waals surface area contributed by atoms with Gasteiger partial charge < -0.3 is 9.64 Å². The molecule has 0 N–H and O–H groups in total. The average molecular weight is 473 g/mol. The van der Waals surface area contributed by atoms with Crippen molar-refractivity contribution < 1.29 is 9.53 Å². The van der Waals surface area contributed by atoms with Crippen LogP contribution in [0.1, 0.15) is 43.7 Å². The van der Waals surface area contributed by atoms with E-state index >= 15 is 0 Å². The zero-order valence-electron chi connectivity index (χ0n) is 18.5. The summed E-state index contributed by atoms with van der Waals surface area (Å²) in [4.78, 5) is 35.6. The van der Waals surface area contributed by atoms with Crippen molar-refractivity contribution in [2.24, 2.45) is 0 Å². The predicted molar refractivity (Wildman–Crippen MR) is 133 cm³/mol. The second-order valence-corrected chi connectivity index (χ2v) is 9.71. The van der Waals surface area contributed by atoms with Crippen molar-refractivity contribution in [3.8, 4) is 0 Å². The molecule has 7 nitrogen and oxygen atoms in total. The number of hydrogen-bond donors (Lipinski definition) is 0. The highest BCUT2D eigenvalue weighted by Gasteiger charge is 2.32. The molecule has 0 saturated carbocycles. The highest BCUT2D eigenvalue weighted by molar-refractivity contribution is 8.26. The summed E-state index contributed by atoms with van der Waals surface area (Å²) in [7, 11) is 0. The topological polar surface area (TPSA) is 67.2 Å². The van der Waals surface area contributed by atoms with Crippen molar-refractivity contribution >= 4 is 51.7 Å². The number of rotatable bonds is 7. The SMILES string of the molecule is CCCCCCN1C(=O)C(=Cc2c(N3CCOCC3)nc3c(C)cccn3c2=O)SC1=S. The maximum atomic E-state index is 13.5. The van der Waals surface area contributed by atoms with Crippen LogP contribution in [0.2, 0.25) is 0 Å². The summed E-state index contributed by atoms with van der Waals surface area (Å²) in [6, 6.07) is 3.77. The number of thioether (sulfide) groups is 1. The number of pyridine rings is 1. The van der Waals surface area contributed by atoms with E-state index in [1.807, 2.05) is 19.1 Å². The Morgan fingerprint density at radius 2 is 2.00 bits per heavy atom. The first kappa shape index (κ1) is 22.9. The van der Waals surface area contributed by atoms with Crippen LogP contribution >= 0.6 is 24.0 Å². The second-order valence-electron chi connectivity index (χ2n) is 8.03. The van der Waals surface area contributed by atoms with Gasteiger partial charge in [0.25, 0.3) is 11.5 Å². The van der Waals surface area contributed by atoms with Gasteiger partial charge in [-0.05, 0) is 31.1 Å². The van der Waals surface area contributed by atoms with E-state index in [4.69, 9.17) is 21.9 Å². The number of carbonyl (C=O) groups excluding carboxylic acids is 1. The van der Waals surface area contributed by atoms with E-state index in [2.05, 4.69) is 11.8 Å². The van der Waals surface area contributed by atoms with Gasteiger partial charge in [-0.3, -0.25) is 18.9 Å². The molecule has 2 aliphatic rings. The molecule has 0 radical (unpaired) electrons. The first-order chi connectivity index (χ1) is 15.5. The molecular formula is C23H28N4O3S2. The number of anilines is 1. The molecule has 2 aliphatic heterocycles. The molecule has 2 aromatic rings. The fourth-order valence-electron chi connectivity index (χ4n) is 3.96. The van der Waals surface area contributed by atoms with Gasteiger partial charge >= 0.3 is 0 Å². The van der Waals surface area contributed by atoms with Crippen molar-refractivity contribution in [2.45, 2.75) is 39.5 Å². The van der Waals surface area contributed by atoms with E-state index in [0.717, 1.165) is 31.2 Å². The highest BCUT2D eigenvalue weighted by atomic mass is 32.2. The summed E-state index contributed by atoms with van der Waals surface area (Å²) >= 11 is 6.74. The van der Waals surface area contributed by atoms with Gasteiger partial charge in [0, 0.05) is 25.8 Å². The largest absolute Gasteiger partial charge is 0.378 e. The molecule has 9 heteroatoms. The van der Waals surface area contributed by atoms with Gasteiger partial charge in [-0.15, -0.1) is 0 Å². The van der Waals surface area contributed by atoms with E-state index in [9.17, 15) is 9.59 Å². The third kappa shape index (κ3) is 4.60. The van der Waals surface area contributed by atoms with Crippen LogP contribution in [-0.4, -0.2) is 57.4 Å². The molecule has 0 atom stereocenters. The minimum Gasteiger partial charge on any atom is -0.378 e. The summed E-state index contributed by atoms with van der Waals surface area (Å²) < 4.78 is 7.59. The number of hydrogen-bond acceptors (Lipinski definition) is 7. The molecule has 0 unspecified atom stereocenters. The third-order valence-corrected chi connectivity index (χ3v) is 7.14. The van der Waals surface area contributed by atoms with Crippen LogP contribution < -0.4 is 10.5 Å². The Kier molecular flexibility index (Phi) is 7.27. The van der Waals surface area contributed by atoms with Crippen LogP contribution in [0.5, 0.6) is 0 Å². The van der Waals surface area contributed by atoms with Crippen LogP contribution in [0.25, 0.3) is 11.7 Å². The van der Waals surface area contributed by atoms with Crippen molar-refractivity contribution in [1.82, 2.24) is 14.3 Å². The quantitative estimate of drug-likeness (QED) is 0.346. The summed E-state index contributed by atoms with van der Waals surface area (Å²) in [5, 5.41) is 0. The lowest BCUT2D eigenvalue weighted by Gasteiger charge is -2.29. The van der Waals surface area contributed by atoms with E-state index in [1.54, 1.807) is 21.6 Å². The Hall–Kier alpha value is -2.23. The monoisotopic (exact) mass is 472 g/mol. The number of aryl methyl sites for hydroxylation is 1. The van der Waals surface area contributed by atoms with Crippen LogP contribution in [0.3, 0.4) is 0 Å². The van der Waals surface area contributed by atoms with E-state index in [-0.39, 0.29) is 11.5 Å². The number of carbonyl (C=O) groups is 1. The lowest BCUT2D eigenvalue weighted by Crippen LogP contribution is -2.38. The Morgan fingerprint density at radius 3 is 2.75 bits per heavy atom. The number of aromatic nitrogens is 2. The number of morpholine rings is 1. The van der Waals surface area contributed by atoms with Gasteiger partial charge in [0.05, 0.1) is 23.7 Å². The molecule has 1 amide bonds. The van der Waals surface area contributed by atoms with Gasteiger partial charge in [-0.2, -0.15) is 0 Å². The van der Waals surface area contributed by atoms with Crippen molar-refractivity contribution in [3.63, 3.8) is 0 Å². The Balaban J connectivity index is 1.74. The number of unbranched alkanes of at least 4 members (excludes halogenated alkanes) is 3. The third-order valence-electron chi connectivity index (χ3n) is 5.76. The smallest absolute Gasteiger partial charge is 0.267 e. The van der Waals surface area contributed by atoms with Crippen molar-refractivity contribution in [1.29, 1.82) is 0 Å². The summed E-state index contributed by atoms with van der Waals surface area (Å²) in [6.45, 7) is 7.16. The fourth-order valence-corrected chi connectivity index (χ4v) is 5.25. The molecule has 32 heavy (non-hydrogen) atoms. The minimum absolute atomic E-state index is 0.127. The van der Waals surface area contributed by atoms with Crippen LogP contribution in [0, 0.1) is 6.92 Å². The maximum Gasteiger partial charge on any atom is 0.267 e. The lowest BCUT2D eigenvalue weighted by atomic mass is 10.2. The van der Waals surface area contributed by atoms with Crippen LogP contribution in [0.4, 0.5) is 5.82 Å². The normalized spacial score (nSPS) is 18.4. The molecule has 0 aliphatic carbocycles. The number of nitrogens with zero attached hydrogens (tertiary/aromatic N) is 4. The first-order valence-electron chi connectivity index (χ1n) is 11.1. The predicted octanol–water partition coefficient (Wildman–Crippen LogP) is 3.62. The molecule has 0 bridgehead atoms. The van der Waals surface area contributed by atoms with Crippen molar-refractivity contribution in [2.75, 3.05) is 37.7 Å². The maximum absolute atomic E-state index is 13.5. The molecule has 170 valence electrons. The number of ether oxygens (including phenoxy) is 1. The van der Waals surface area contributed by atoms with Crippen LogP contribution in [0.15, 0.2) is 28.0 Å². The van der Waals surface area contributed by atoms with Crippen LogP contribution in [-0.2, 0) is 9.53 Å². The molecule has 0 spiro atoms. The zero-order chi connectivity index (χ0) is 22.7. The molecule has 2 aromatic heterocycles. The summed E-state index contributed by atoms with van der Waals surface area (Å²) in [5.74, 6) is 0.471. The molecule has 2 saturated heterocycles. The summed E-state index contributed by atoms with van der Waals surface area (Å²) in [6.07, 6.45) is 7.68. The van der Waals surface area contributed by atoms with Gasteiger partial charge in [-0.1, -0.05) is 56.2 Å². The Labute approximate surface area is 197 Å². The first-order valence-corrected chi connectivity index (χ1v) is 12.3. The molecular weight excluding hydrogens is 444 g/mol. The molecule has 4 heterocycles. The van der Waals surface area contributed by atoms with Gasteiger partial charge in [-0.25, -0.2) is 4.98 Å². The van der Waals surface area contributed by atoms with Gasteiger partial charge in [0.2, 0.25) is 0 Å². The highest BCUT2D eigenvalue weighted by Crippen LogP contribution is 2.34. The molecule has 2 fully saturated rings. The lowest BCUT2D eigenvalue weighted by molar-refractivity contribution is -0.122. The molecule has 4 rings (SSSR count). The number of amides is 1. The van der Waals surface area contributed by atoms with E-state index < -0.39 is 0 Å².